The number of rotatable bonds is 7. The number of nitro benzene ring substituents is 1. The van der Waals surface area contributed by atoms with Gasteiger partial charge in [-0.1, -0.05) is 20.8 Å². The molecule has 4 saturated carbocycles. The van der Waals surface area contributed by atoms with Crippen molar-refractivity contribution in [3.63, 3.8) is 0 Å². The number of hydrogen-bond donors (Lipinski definition) is 1. The molecule has 1 unspecified atom stereocenters. The average molecular weight is 418 g/mol. The van der Waals surface area contributed by atoms with Gasteiger partial charge in [0.25, 0.3) is 0 Å². The topological polar surface area (TPSA) is 98.9 Å². The van der Waals surface area contributed by atoms with Crippen molar-refractivity contribution in [3.8, 4) is 5.75 Å². The first-order valence-corrected chi connectivity index (χ1v) is 10.8. The van der Waals surface area contributed by atoms with Crippen molar-refractivity contribution in [2.75, 3.05) is 6.61 Å². The molecule has 0 spiro atoms. The number of aromatic carboxylic acids is 1. The number of nitrogens with zero attached hydrogens (tertiary/aromatic N) is 1. The third-order valence-corrected chi connectivity index (χ3v) is 7.05. The zero-order valence-corrected chi connectivity index (χ0v) is 17.9. The molecule has 1 N–H and O–H groups in total. The van der Waals surface area contributed by atoms with Crippen LogP contribution in [0, 0.1) is 38.7 Å². The minimum Gasteiger partial charge on any atom is -0.478 e. The van der Waals surface area contributed by atoms with E-state index >= 15 is 0 Å². The predicted octanol–water partition coefficient (Wildman–Crippen LogP) is 5.28. The van der Waals surface area contributed by atoms with Gasteiger partial charge >= 0.3 is 11.7 Å². The molecule has 4 aliphatic carbocycles. The van der Waals surface area contributed by atoms with Gasteiger partial charge in [0.05, 0.1) is 17.1 Å². The molecule has 0 amide bonds. The van der Waals surface area contributed by atoms with Crippen molar-refractivity contribution in [1.29, 1.82) is 0 Å². The minimum absolute atomic E-state index is 0.0515. The van der Waals surface area contributed by atoms with Crippen LogP contribution in [-0.4, -0.2) is 28.9 Å². The molecule has 0 saturated heterocycles. The molecule has 0 aromatic heterocycles. The second-order valence-electron chi connectivity index (χ2n) is 10.8. The Morgan fingerprint density at radius 2 is 1.77 bits per heavy atom. The van der Waals surface area contributed by atoms with Gasteiger partial charge in [-0.3, -0.25) is 10.1 Å². The van der Waals surface area contributed by atoms with Crippen molar-refractivity contribution in [2.45, 2.75) is 65.6 Å². The Morgan fingerprint density at radius 3 is 2.23 bits per heavy atom. The lowest BCUT2D eigenvalue weighted by Gasteiger charge is -2.57. The molecule has 1 aromatic carbocycles. The number of benzene rings is 1. The molecule has 7 nitrogen and oxygen atoms in total. The van der Waals surface area contributed by atoms with Crippen LogP contribution < -0.4 is 4.74 Å². The van der Waals surface area contributed by atoms with Gasteiger partial charge in [0.1, 0.15) is 0 Å². The number of carboxylic acid groups (broad SMARTS) is 1. The Hall–Kier alpha value is -2.15. The van der Waals surface area contributed by atoms with Gasteiger partial charge in [-0.2, -0.15) is 0 Å². The monoisotopic (exact) mass is 417 g/mol. The van der Waals surface area contributed by atoms with E-state index in [1.807, 2.05) is 20.8 Å². The first-order valence-electron chi connectivity index (χ1n) is 10.8. The molecule has 30 heavy (non-hydrogen) atoms. The van der Waals surface area contributed by atoms with Crippen molar-refractivity contribution in [3.05, 3.63) is 33.9 Å². The Balaban J connectivity index is 1.54. The van der Waals surface area contributed by atoms with E-state index in [1.165, 1.54) is 56.7 Å². The highest BCUT2D eigenvalue weighted by atomic mass is 16.7. The zero-order valence-electron chi connectivity index (χ0n) is 17.9. The smallest absolute Gasteiger partial charge is 0.335 e. The zero-order chi connectivity index (χ0) is 21.7. The predicted molar refractivity (Wildman–Crippen MR) is 110 cm³/mol. The molecule has 0 aliphatic heterocycles. The molecule has 0 heterocycles. The Morgan fingerprint density at radius 1 is 1.20 bits per heavy atom. The van der Waals surface area contributed by atoms with Crippen molar-refractivity contribution in [1.82, 2.24) is 0 Å². The summed E-state index contributed by atoms with van der Waals surface area (Å²) < 4.78 is 12.3. The van der Waals surface area contributed by atoms with Crippen molar-refractivity contribution in [2.24, 2.45) is 28.6 Å². The van der Waals surface area contributed by atoms with Crippen molar-refractivity contribution >= 4 is 11.7 Å². The van der Waals surface area contributed by atoms with E-state index in [0.717, 1.165) is 17.8 Å². The lowest BCUT2D eigenvalue weighted by Crippen LogP contribution is -2.49. The van der Waals surface area contributed by atoms with Crippen LogP contribution in [0.2, 0.25) is 0 Å². The summed E-state index contributed by atoms with van der Waals surface area (Å²) in [6, 6.07) is 3.61. The van der Waals surface area contributed by atoms with E-state index in [9.17, 15) is 20.0 Å². The van der Waals surface area contributed by atoms with E-state index < -0.39 is 22.6 Å². The summed E-state index contributed by atoms with van der Waals surface area (Å²) in [5.41, 5.74) is -0.553. The van der Waals surface area contributed by atoms with Gasteiger partial charge in [0, 0.05) is 17.5 Å². The van der Waals surface area contributed by atoms with Crippen LogP contribution in [0.4, 0.5) is 5.69 Å². The standard InChI is InChI=1S/C23H31NO6/c1-22(2,3)21(30-19-9-17(20(25)26)4-5-18(19)24(27)28)29-13-23-10-14-6-15(11-23)8-16(7-14)12-23/h4-5,9,14-16,21H,6-8,10-13H2,1-3H3,(H,25,26). The molecule has 1 atom stereocenters. The summed E-state index contributed by atoms with van der Waals surface area (Å²) >= 11 is 0. The van der Waals surface area contributed by atoms with E-state index in [0.29, 0.717) is 6.61 Å². The fourth-order valence-electron chi connectivity index (χ4n) is 6.19. The second kappa shape index (κ2) is 7.52. The second-order valence-corrected chi connectivity index (χ2v) is 10.8. The SMILES string of the molecule is CC(C)(C)C(OCC12CC3CC(CC(C3)C1)C2)Oc1cc(C(=O)O)ccc1[N+](=O)[O-]. The van der Waals surface area contributed by atoms with Crippen LogP contribution in [0.25, 0.3) is 0 Å². The number of carbonyl (C=O) groups is 1. The molecule has 4 fully saturated rings. The summed E-state index contributed by atoms with van der Waals surface area (Å²) in [6.45, 7) is 6.48. The van der Waals surface area contributed by atoms with Crippen LogP contribution in [0.5, 0.6) is 5.75 Å². The molecule has 4 bridgehead atoms. The third-order valence-electron chi connectivity index (χ3n) is 7.05. The molecule has 164 valence electrons. The molecule has 7 heteroatoms. The fraction of sp³-hybridized carbons (Fsp3) is 0.696. The van der Waals surface area contributed by atoms with Gasteiger partial charge < -0.3 is 14.6 Å². The maximum Gasteiger partial charge on any atom is 0.335 e. The Bertz CT molecular complexity index is 807. The lowest BCUT2D eigenvalue weighted by molar-refractivity contribution is -0.386. The van der Waals surface area contributed by atoms with Crippen LogP contribution in [0.1, 0.15) is 69.7 Å². The van der Waals surface area contributed by atoms with E-state index in [-0.39, 0.29) is 22.4 Å². The normalized spacial score (nSPS) is 30.8. The number of nitro groups is 1. The van der Waals surface area contributed by atoms with E-state index in [2.05, 4.69) is 0 Å². The number of hydrogen-bond acceptors (Lipinski definition) is 5. The fourth-order valence-corrected chi connectivity index (χ4v) is 6.19. The maximum atomic E-state index is 11.5. The van der Waals surface area contributed by atoms with Crippen LogP contribution in [-0.2, 0) is 4.74 Å². The lowest BCUT2D eigenvalue weighted by atomic mass is 9.50. The Kier molecular flexibility index (Phi) is 5.29. The van der Waals surface area contributed by atoms with E-state index in [4.69, 9.17) is 9.47 Å². The minimum atomic E-state index is -1.16. The highest BCUT2D eigenvalue weighted by Gasteiger charge is 2.51. The van der Waals surface area contributed by atoms with Crippen LogP contribution in [0.15, 0.2) is 18.2 Å². The Labute approximate surface area is 176 Å². The third kappa shape index (κ3) is 4.17. The molecule has 0 radical (unpaired) electrons. The number of ether oxygens (including phenoxy) is 2. The van der Waals surface area contributed by atoms with Crippen molar-refractivity contribution < 1.29 is 24.3 Å². The molecular weight excluding hydrogens is 386 g/mol. The van der Waals surface area contributed by atoms with Gasteiger partial charge in [-0.25, -0.2) is 4.79 Å². The molecular formula is C23H31NO6. The van der Waals surface area contributed by atoms with E-state index in [1.54, 1.807) is 0 Å². The van der Waals surface area contributed by atoms with Crippen LogP contribution in [0.3, 0.4) is 0 Å². The first-order chi connectivity index (χ1) is 14.0. The van der Waals surface area contributed by atoms with Gasteiger partial charge in [0.15, 0.2) is 0 Å². The maximum absolute atomic E-state index is 11.5. The summed E-state index contributed by atoms with van der Waals surface area (Å²) in [6.07, 6.45) is 6.94. The first kappa shape index (κ1) is 21.1. The largest absolute Gasteiger partial charge is 0.478 e. The van der Waals surface area contributed by atoms with Gasteiger partial charge in [0.2, 0.25) is 12.0 Å². The van der Waals surface area contributed by atoms with Gasteiger partial charge in [-0.05, 0) is 67.8 Å². The highest BCUT2D eigenvalue weighted by molar-refractivity contribution is 5.88. The summed E-state index contributed by atoms with van der Waals surface area (Å²) in [4.78, 5) is 22.2. The summed E-state index contributed by atoms with van der Waals surface area (Å²) in [7, 11) is 0. The average Bonchev–Trinajstić information content (AvgIpc) is 2.62. The molecule has 1 aromatic rings. The summed E-state index contributed by atoms with van der Waals surface area (Å²) in [5, 5.41) is 20.7. The molecule has 4 aliphatic rings. The quantitative estimate of drug-likeness (QED) is 0.368. The van der Waals surface area contributed by atoms with Crippen LogP contribution >= 0.6 is 0 Å². The summed E-state index contributed by atoms with van der Waals surface area (Å²) in [5.74, 6) is 1.20. The van der Waals surface area contributed by atoms with Gasteiger partial charge in [-0.15, -0.1) is 0 Å². The molecule has 5 rings (SSSR count). The highest BCUT2D eigenvalue weighted by Crippen LogP contribution is 2.60. The number of carboxylic acids is 1.